The molecule has 0 aromatic heterocycles. The van der Waals surface area contributed by atoms with Crippen LogP contribution in [-0.2, 0) is 0 Å². The van der Waals surface area contributed by atoms with Crippen LogP contribution in [0.15, 0.2) is 0 Å². The largest absolute Gasteiger partial charge is 0.313 e. The SMILES string of the molecule is CC(C)CCC(C)NCCN1CC(C)C(N(C)C)C1. The third-order valence-corrected chi connectivity index (χ3v) is 4.41. The van der Waals surface area contributed by atoms with Crippen LogP contribution in [0.3, 0.4) is 0 Å². The first-order valence-corrected chi connectivity index (χ1v) is 8.02. The van der Waals surface area contributed by atoms with Gasteiger partial charge in [-0.1, -0.05) is 20.8 Å². The monoisotopic (exact) mass is 269 g/mol. The van der Waals surface area contributed by atoms with Gasteiger partial charge in [-0.3, -0.25) is 0 Å². The minimum atomic E-state index is 0.659. The van der Waals surface area contributed by atoms with E-state index in [1.54, 1.807) is 0 Å². The van der Waals surface area contributed by atoms with Gasteiger partial charge in [0.1, 0.15) is 0 Å². The predicted octanol–water partition coefficient (Wildman–Crippen LogP) is 2.28. The van der Waals surface area contributed by atoms with Gasteiger partial charge in [-0.05, 0) is 45.7 Å². The van der Waals surface area contributed by atoms with Crippen LogP contribution in [0.2, 0.25) is 0 Å². The Bertz CT molecular complexity index is 240. The zero-order valence-electron chi connectivity index (χ0n) is 13.9. The maximum absolute atomic E-state index is 3.67. The van der Waals surface area contributed by atoms with E-state index in [0.717, 1.165) is 24.4 Å². The average Bonchev–Trinajstić information content (AvgIpc) is 2.68. The van der Waals surface area contributed by atoms with E-state index < -0.39 is 0 Å². The van der Waals surface area contributed by atoms with Crippen LogP contribution in [0.5, 0.6) is 0 Å². The maximum Gasteiger partial charge on any atom is 0.0254 e. The summed E-state index contributed by atoms with van der Waals surface area (Å²) in [6.07, 6.45) is 2.63. The summed E-state index contributed by atoms with van der Waals surface area (Å²) in [6, 6.07) is 1.39. The fourth-order valence-electron chi connectivity index (χ4n) is 3.06. The van der Waals surface area contributed by atoms with Crippen LogP contribution >= 0.6 is 0 Å². The highest BCUT2D eigenvalue weighted by atomic mass is 15.2. The number of nitrogens with one attached hydrogen (secondary N) is 1. The van der Waals surface area contributed by atoms with Crippen LogP contribution in [-0.4, -0.2) is 62.2 Å². The highest BCUT2D eigenvalue weighted by molar-refractivity contribution is 4.86. The molecule has 3 nitrogen and oxygen atoms in total. The maximum atomic E-state index is 3.67. The van der Waals surface area contributed by atoms with Gasteiger partial charge in [-0.25, -0.2) is 0 Å². The van der Waals surface area contributed by atoms with E-state index in [2.05, 4.69) is 56.9 Å². The lowest BCUT2D eigenvalue weighted by Gasteiger charge is -2.23. The van der Waals surface area contributed by atoms with Crippen molar-refractivity contribution >= 4 is 0 Å². The van der Waals surface area contributed by atoms with Gasteiger partial charge in [-0.2, -0.15) is 0 Å². The molecular formula is C16H35N3. The molecule has 3 atom stereocenters. The second kappa shape index (κ2) is 8.23. The first-order chi connectivity index (χ1) is 8.90. The minimum absolute atomic E-state index is 0.659. The molecule has 114 valence electrons. The summed E-state index contributed by atoms with van der Waals surface area (Å²) < 4.78 is 0. The minimum Gasteiger partial charge on any atom is -0.313 e. The number of likely N-dealkylation sites (N-methyl/N-ethyl adjacent to an activating group) is 1. The van der Waals surface area contributed by atoms with Crippen molar-refractivity contribution < 1.29 is 0 Å². The zero-order chi connectivity index (χ0) is 14.4. The lowest BCUT2D eigenvalue weighted by molar-refractivity contribution is 0.251. The van der Waals surface area contributed by atoms with Crippen LogP contribution in [0.25, 0.3) is 0 Å². The molecule has 0 radical (unpaired) electrons. The first kappa shape index (κ1) is 16.9. The molecule has 0 bridgehead atoms. The van der Waals surface area contributed by atoms with Crippen LogP contribution < -0.4 is 5.32 Å². The van der Waals surface area contributed by atoms with E-state index >= 15 is 0 Å². The molecule has 1 aliphatic rings. The zero-order valence-corrected chi connectivity index (χ0v) is 13.9. The summed E-state index contributed by atoms with van der Waals surface area (Å²) in [6.45, 7) is 14.1. The Morgan fingerprint density at radius 2 is 1.84 bits per heavy atom. The lowest BCUT2D eigenvalue weighted by Crippen LogP contribution is -2.37. The molecule has 0 aromatic rings. The Hall–Kier alpha value is -0.120. The molecule has 1 rings (SSSR count). The molecule has 1 saturated heterocycles. The second-order valence-electron chi connectivity index (χ2n) is 7.09. The summed E-state index contributed by atoms with van der Waals surface area (Å²) in [4.78, 5) is 4.99. The summed E-state index contributed by atoms with van der Waals surface area (Å²) in [5, 5.41) is 3.67. The van der Waals surface area contributed by atoms with E-state index in [9.17, 15) is 0 Å². The van der Waals surface area contributed by atoms with Crippen molar-refractivity contribution in [2.75, 3.05) is 40.3 Å². The van der Waals surface area contributed by atoms with Crippen molar-refractivity contribution in [3.05, 3.63) is 0 Å². The van der Waals surface area contributed by atoms with Gasteiger partial charge in [0.2, 0.25) is 0 Å². The summed E-state index contributed by atoms with van der Waals surface area (Å²) >= 11 is 0. The average molecular weight is 269 g/mol. The van der Waals surface area contributed by atoms with Crippen molar-refractivity contribution in [1.29, 1.82) is 0 Å². The van der Waals surface area contributed by atoms with Crippen LogP contribution in [0.4, 0.5) is 0 Å². The normalized spacial score (nSPS) is 26.5. The fraction of sp³-hybridized carbons (Fsp3) is 1.00. The molecule has 0 saturated carbocycles. The Kier molecular flexibility index (Phi) is 7.33. The highest BCUT2D eigenvalue weighted by Gasteiger charge is 2.30. The van der Waals surface area contributed by atoms with E-state index in [0.29, 0.717) is 6.04 Å². The molecule has 3 heteroatoms. The van der Waals surface area contributed by atoms with Crippen molar-refractivity contribution in [3.8, 4) is 0 Å². The van der Waals surface area contributed by atoms with E-state index in [-0.39, 0.29) is 0 Å². The molecule has 3 unspecified atom stereocenters. The van der Waals surface area contributed by atoms with Gasteiger partial charge in [-0.15, -0.1) is 0 Å². The Balaban J connectivity index is 2.13. The Morgan fingerprint density at radius 3 is 2.37 bits per heavy atom. The summed E-state index contributed by atoms with van der Waals surface area (Å²) in [5.74, 6) is 1.62. The number of hydrogen-bond acceptors (Lipinski definition) is 3. The Labute approximate surface area is 120 Å². The number of likely N-dealkylation sites (tertiary alicyclic amines) is 1. The molecule has 0 amide bonds. The highest BCUT2D eigenvalue weighted by Crippen LogP contribution is 2.19. The molecule has 1 aliphatic heterocycles. The van der Waals surface area contributed by atoms with E-state index in [1.807, 2.05) is 0 Å². The molecule has 1 heterocycles. The second-order valence-corrected chi connectivity index (χ2v) is 7.09. The van der Waals surface area contributed by atoms with Crippen molar-refractivity contribution in [2.45, 2.75) is 52.6 Å². The van der Waals surface area contributed by atoms with Gasteiger partial charge in [0.15, 0.2) is 0 Å². The van der Waals surface area contributed by atoms with Crippen molar-refractivity contribution in [3.63, 3.8) is 0 Å². The number of hydrogen-bond donors (Lipinski definition) is 1. The predicted molar refractivity (Wildman–Crippen MR) is 84.6 cm³/mol. The van der Waals surface area contributed by atoms with Gasteiger partial charge >= 0.3 is 0 Å². The third kappa shape index (κ3) is 6.24. The standard InChI is InChI=1S/C16H35N3/c1-13(2)7-8-15(4)17-9-10-19-11-14(3)16(12-19)18(5)6/h13-17H,7-12H2,1-6H3. The number of rotatable bonds is 8. The smallest absolute Gasteiger partial charge is 0.0254 e. The number of nitrogens with zero attached hydrogens (tertiary/aromatic N) is 2. The topological polar surface area (TPSA) is 18.5 Å². The molecular weight excluding hydrogens is 234 g/mol. The third-order valence-electron chi connectivity index (χ3n) is 4.41. The van der Waals surface area contributed by atoms with Crippen LogP contribution in [0.1, 0.15) is 40.5 Å². The molecule has 1 fully saturated rings. The van der Waals surface area contributed by atoms with E-state index in [4.69, 9.17) is 0 Å². The Morgan fingerprint density at radius 1 is 1.16 bits per heavy atom. The van der Waals surface area contributed by atoms with E-state index in [1.165, 1.54) is 32.5 Å². The molecule has 1 N–H and O–H groups in total. The van der Waals surface area contributed by atoms with Gasteiger partial charge in [0.25, 0.3) is 0 Å². The molecule has 0 spiro atoms. The summed E-state index contributed by atoms with van der Waals surface area (Å²) in [7, 11) is 4.41. The molecule has 0 aromatic carbocycles. The fourth-order valence-corrected chi connectivity index (χ4v) is 3.06. The van der Waals surface area contributed by atoms with Crippen molar-refractivity contribution in [1.82, 2.24) is 15.1 Å². The van der Waals surface area contributed by atoms with Gasteiger partial charge in [0, 0.05) is 38.3 Å². The van der Waals surface area contributed by atoms with Crippen molar-refractivity contribution in [2.24, 2.45) is 11.8 Å². The van der Waals surface area contributed by atoms with Crippen LogP contribution in [0, 0.1) is 11.8 Å². The van der Waals surface area contributed by atoms with Gasteiger partial charge < -0.3 is 15.1 Å². The molecule has 19 heavy (non-hydrogen) atoms. The lowest BCUT2D eigenvalue weighted by atomic mass is 10.0. The quantitative estimate of drug-likeness (QED) is 0.729. The summed E-state index contributed by atoms with van der Waals surface area (Å²) in [5.41, 5.74) is 0. The first-order valence-electron chi connectivity index (χ1n) is 8.02. The molecule has 0 aliphatic carbocycles. The van der Waals surface area contributed by atoms with Gasteiger partial charge in [0.05, 0.1) is 0 Å².